The van der Waals surface area contributed by atoms with Crippen LogP contribution in [-0.2, 0) is 11.3 Å². The highest BCUT2D eigenvalue weighted by atomic mass is 16.5. The molecule has 25 heavy (non-hydrogen) atoms. The first kappa shape index (κ1) is 17.5. The maximum atomic E-state index is 12.8. The molecule has 1 saturated heterocycles. The molecule has 2 aromatic rings. The molecule has 7 nitrogen and oxygen atoms in total. The number of rotatable bonds is 5. The molecule has 0 saturated carbocycles. The molecule has 2 aromatic heterocycles. The summed E-state index contributed by atoms with van der Waals surface area (Å²) in [4.78, 5) is 14.6. The third kappa shape index (κ3) is 3.56. The van der Waals surface area contributed by atoms with E-state index in [-0.39, 0.29) is 18.1 Å². The van der Waals surface area contributed by atoms with Gasteiger partial charge in [0.1, 0.15) is 23.9 Å². The van der Waals surface area contributed by atoms with Crippen LogP contribution in [0.2, 0.25) is 0 Å². The summed E-state index contributed by atoms with van der Waals surface area (Å²) in [6.45, 7) is 6.83. The molecule has 3 heterocycles. The van der Waals surface area contributed by atoms with Gasteiger partial charge in [-0.15, -0.1) is 0 Å². The Hall–Kier alpha value is -2.28. The van der Waals surface area contributed by atoms with Crippen LogP contribution in [0.4, 0.5) is 4.79 Å². The SMILES string of the molecule is COCc1ccc([C@H]2CCCN2C(=O)N[C@H](C)c2c(C)noc2C)o1. The van der Waals surface area contributed by atoms with Crippen molar-refractivity contribution in [1.82, 2.24) is 15.4 Å². The van der Waals surface area contributed by atoms with Gasteiger partial charge in [-0.2, -0.15) is 0 Å². The standard InChI is InChI=1S/C18H25N3O4/c1-11(17-12(2)20-25-13(17)3)19-18(22)21-9-5-6-15(21)16-8-7-14(24-16)10-23-4/h7-8,11,15H,5-6,9-10H2,1-4H3,(H,19,22)/t11-,15-/m1/s1. The van der Waals surface area contributed by atoms with Gasteiger partial charge in [-0.05, 0) is 45.7 Å². The second-order valence-electron chi connectivity index (χ2n) is 6.50. The maximum Gasteiger partial charge on any atom is 0.318 e. The number of methoxy groups -OCH3 is 1. The highest BCUT2D eigenvalue weighted by Crippen LogP contribution is 2.33. The lowest BCUT2D eigenvalue weighted by Crippen LogP contribution is -2.40. The van der Waals surface area contributed by atoms with Crippen molar-refractivity contribution in [2.24, 2.45) is 0 Å². The van der Waals surface area contributed by atoms with Gasteiger partial charge in [-0.25, -0.2) is 4.79 Å². The summed E-state index contributed by atoms with van der Waals surface area (Å²) in [6.07, 6.45) is 1.85. The fraction of sp³-hybridized carbons (Fsp3) is 0.556. The van der Waals surface area contributed by atoms with Gasteiger partial charge in [0.05, 0.1) is 17.8 Å². The van der Waals surface area contributed by atoms with Crippen molar-refractivity contribution in [2.75, 3.05) is 13.7 Å². The number of likely N-dealkylation sites (tertiary alicyclic amines) is 1. The van der Waals surface area contributed by atoms with E-state index < -0.39 is 0 Å². The fourth-order valence-corrected chi connectivity index (χ4v) is 3.55. The van der Waals surface area contributed by atoms with E-state index in [0.717, 1.165) is 41.4 Å². The van der Waals surface area contributed by atoms with E-state index in [1.807, 2.05) is 37.8 Å². The Morgan fingerprint density at radius 2 is 2.28 bits per heavy atom. The predicted octanol–water partition coefficient (Wildman–Crippen LogP) is 3.64. The molecule has 0 aliphatic carbocycles. The number of furan rings is 1. The van der Waals surface area contributed by atoms with E-state index in [4.69, 9.17) is 13.7 Å². The van der Waals surface area contributed by atoms with E-state index in [1.165, 1.54) is 0 Å². The van der Waals surface area contributed by atoms with E-state index in [0.29, 0.717) is 13.2 Å². The molecule has 7 heteroatoms. The largest absolute Gasteiger partial charge is 0.461 e. The minimum absolute atomic E-state index is 0.0394. The molecule has 0 bridgehead atoms. The summed E-state index contributed by atoms with van der Waals surface area (Å²) >= 11 is 0. The first-order chi connectivity index (χ1) is 12.0. The quantitative estimate of drug-likeness (QED) is 0.893. The Morgan fingerprint density at radius 3 is 2.96 bits per heavy atom. The summed E-state index contributed by atoms with van der Waals surface area (Å²) in [6, 6.07) is 3.53. The van der Waals surface area contributed by atoms with Crippen LogP contribution in [0.3, 0.4) is 0 Å². The van der Waals surface area contributed by atoms with Gasteiger partial charge in [-0.1, -0.05) is 5.16 Å². The van der Waals surface area contributed by atoms with Crippen LogP contribution < -0.4 is 5.32 Å². The number of nitrogens with one attached hydrogen (secondary N) is 1. The minimum atomic E-state index is -0.166. The van der Waals surface area contributed by atoms with Gasteiger partial charge >= 0.3 is 6.03 Å². The molecular formula is C18H25N3O4. The molecule has 0 aromatic carbocycles. The summed E-state index contributed by atoms with van der Waals surface area (Å²) in [7, 11) is 1.63. The second-order valence-corrected chi connectivity index (χ2v) is 6.50. The van der Waals surface area contributed by atoms with Gasteiger partial charge in [0.2, 0.25) is 0 Å². The number of carbonyl (C=O) groups is 1. The van der Waals surface area contributed by atoms with E-state index in [2.05, 4.69) is 10.5 Å². The number of hydrogen-bond acceptors (Lipinski definition) is 5. The van der Waals surface area contributed by atoms with Gasteiger partial charge in [0, 0.05) is 19.2 Å². The first-order valence-electron chi connectivity index (χ1n) is 8.58. The fourth-order valence-electron chi connectivity index (χ4n) is 3.55. The zero-order valence-electron chi connectivity index (χ0n) is 15.2. The molecule has 0 spiro atoms. The van der Waals surface area contributed by atoms with Crippen LogP contribution >= 0.6 is 0 Å². The Bertz CT molecular complexity index is 717. The average Bonchev–Trinajstić information content (AvgIpc) is 3.27. The zero-order valence-corrected chi connectivity index (χ0v) is 15.2. The highest BCUT2D eigenvalue weighted by Gasteiger charge is 2.33. The smallest absolute Gasteiger partial charge is 0.318 e. The highest BCUT2D eigenvalue weighted by molar-refractivity contribution is 5.75. The lowest BCUT2D eigenvalue weighted by molar-refractivity contribution is 0.155. The van der Waals surface area contributed by atoms with Gasteiger partial charge in [-0.3, -0.25) is 0 Å². The first-order valence-corrected chi connectivity index (χ1v) is 8.58. The third-order valence-corrected chi connectivity index (χ3v) is 4.67. The van der Waals surface area contributed by atoms with Gasteiger partial charge in [0.15, 0.2) is 0 Å². The molecule has 0 unspecified atom stereocenters. The number of aryl methyl sites for hydroxylation is 2. The molecule has 0 radical (unpaired) electrons. The predicted molar refractivity (Wildman–Crippen MR) is 91.0 cm³/mol. The minimum Gasteiger partial charge on any atom is -0.461 e. The van der Waals surface area contributed by atoms with Crippen molar-refractivity contribution >= 4 is 6.03 Å². The molecule has 1 fully saturated rings. The molecule has 2 atom stereocenters. The Balaban J connectivity index is 1.70. The van der Waals surface area contributed by atoms with Crippen LogP contribution in [0, 0.1) is 13.8 Å². The molecular weight excluding hydrogens is 322 g/mol. The normalized spacial score (nSPS) is 18.6. The van der Waals surface area contributed by atoms with Crippen molar-refractivity contribution < 1.29 is 18.5 Å². The monoisotopic (exact) mass is 347 g/mol. The topological polar surface area (TPSA) is 80.7 Å². The molecule has 1 N–H and O–H groups in total. The van der Waals surface area contributed by atoms with Crippen LogP contribution in [-0.4, -0.2) is 29.7 Å². The summed E-state index contributed by atoms with van der Waals surface area (Å²) in [5.41, 5.74) is 1.74. The summed E-state index contributed by atoms with van der Waals surface area (Å²) < 4.78 is 16.1. The average molecular weight is 347 g/mol. The lowest BCUT2D eigenvalue weighted by atomic mass is 10.1. The molecule has 1 aliphatic heterocycles. The van der Waals surface area contributed by atoms with Crippen molar-refractivity contribution in [3.8, 4) is 0 Å². The van der Waals surface area contributed by atoms with Crippen molar-refractivity contribution in [1.29, 1.82) is 0 Å². The molecule has 136 valence electrons. The van der Waals surface area contributed by atoms with Crippen LogP contribution in [0.1, 0.15) is 60.4 Å². The third-order valence-electron chi connectivity index (χ3n) is 4.67. The molecule has 3 rings (SSSR count). The van der Waals surface area contributed by atoms with Crippen LogP contribution in [0.25, 0.3) is 0 Å². The Labute approximate surface area is 147 Å². The van der Waals surface area contributed by atoms with E-state index in [1.54, 1.807) is 7.11 Å². The number of carbonyl (C=O) groups excluding carboxylic acids is 1. The number of amides is 2. The van der Waals surface area contributed by atoms with Crippen LogP contribution in [0.5, 0.6) is 0 Å². The number of aromatic nitrogens is 1. The summed E-state index contributed by atoms with van der Waals surface area (Å²) in [5.74, 6) is 2.32. The second kappa shape index (κ2) is 7.31. The van der Waals surface area contributed by atoms with Crippen LogP contribution in [0.15, 0.2) is 21.1 Å². The maximum absolute atomic E-state index is 12.8. The van der Waals surface area contributed by atoms with E-state index >= 15 is 0 Å². The van der Waals surface area contributed by atoms with Gasteiger partial charge in [0.25, 0.3) is 0 Å². The van der Waals surface area contributed by atoms with Crippen molar-refractivity contribution in [3.63, 3.8) is 0 Å². The zero-order chi connectivity index (χ0) is 18.0. The Morgan fingerprint density at radius 1 is 1.48 bits per heavy atom. The number of ether oxygens (including phenoxy) is 1. The lowest BCUT2D eigenvalue weighted by Gasteiger charge is -2.25. The Kier molecular flexibility index (Phi) is 5.13. The number of urea groups is 1. The number of nitrogens with zero attached hydrogens (tertiary/aromatic N) is 2. The summed E-state index contributed by atoms with van der Waals surface area (Å²) in [5, 5.41) is 7.02. The van der Waals surface area contributed by atoms with E-state index in [9.17, 15) is 4.79 Å². The molecule has 1 aliphatic rings. The van der Waals surface area contributed by atoms with Gasteiger partial charge < -0.3 is 23.9 Å². The van der Waals surface area contributed by atoms with Crippen molar-refractivity contribution in [3.05, 3.63) is 40.7 Å². The van der Waals surface area contributed by atoms with Crippen molar-refractivity contribution in [2.45, 2.75) is 52.3 Å². The molecule has 2 amide bonds. The number of hydrogen-bond donors (Lipinski definition) is 1.